The molecule has 6 nitrogen and oxygen atoms in total. The van der Waals surface area contributed by atoms with Crippen molar-refractivity contribution in [3.63, 3.8) is 0 Å². The summed E-state index contributed by atoms with van der Waals surface area (Å²) in [5.41, 5.74) is 5.09. The van der Waals surface area contributed by atoms with Crippen LogP contribution in [0, 0.1) is 5.92 Å². The van der Waals surface area contributed by atoms with Crippen LogP contribution in [0.1, 0.15) is 24.6 Å². The lowest BCUT2D eigenvalue weighted by Gasteiger charge is -2.21. The fourth-order valence-corrected chi connectivity index (χ4v) is 3.31. The van der Waals surface area contributed by atoms with Crippen molar-refractivity contribution >= 4 is 5.71 Å². The number of benzene rings is 1. The van der Waals surface area contributed by atoms with E-state index in [1.807, 2.05) is 29.9 Å². The van der Waals surface area contributed by atoms with Crippen LogP contribution in [0.4, 0.5) is 0 Å². The van der Waals surface area contributed by atoms with E-state index < -0.39 is 0 Å². The predicted octanol–water partition coefficient (Wildman–Crippen LogP) is 3.04. The van der Waals surface area contributed by atoms with Crippen molar-refractivity contribution in [2.24, 2.45) is 18.1 Å². The Balaban J connectivity index is 2.17. The highest BCUT2D eigenvalue weighted by Gasteiger charge is 2.29. The number of methoxy groups -OCH3 is 2. The Bertz CT molecular complexity index is 780. The van der Waals surface area contributed by atoms with E-state index in [2.05, 4.69) is 12.1 Å². The molecule has 0 radical (unpaired) electrons. The molecule has 0 amide bonds. The first-order valence-electron chi connectivity index (χ1n) is 7.97. The molecule has 0 saturated heterocycles. The minimum Gasteiger partial charge on any atom is -0.493 e. The molecule has 24 heavy (non-hydrogen) atoms. The molecule has 1 atom stereocenters. The van der Waals surface area contributed by atoms with Gasteiger partial charge >= 0.3 is 0 Å². The van der Waals surface area contributed by atoms with Gasteiger partial charge in [0.1, 0.15) is 12.8 Å². The van der Waals surface area contributed by atoms with Crippen molar-refractivity contribution in [3.8, 4) is 22.8 Å². The first-order chi connectivity index (χ1) is 11.6. The summed E-state index contributed by atoms with van der Waals surface area (Å²) in [6, 6.07) is 5.84. The summed E-state index contributed by atoms with van der Waals surface area (Å²) in [4.78, 5) is 5.07. The molecule has 128 valence electrons. The zero-order chi connectivity index (χ0) is 17.3. The third kappa shape index (κ3) is 2.72. The highest BCUT2D eigenvalue weighted by molar-refractivity contribution is 6.07. The molecule has 1 aliphatic rings. The fraction of sp³-hybridized carbons (Fsp3) is 0.444. The van der Waals surface area contributed by atoms with Gasteiger partial charge in [-0.15, -0.1) is 0 Å². The van der Waals surface area contributed by atoms with Gasteiger partial charge in [0.15, 0.2) is 11.5 Å². The average Bonchev–Trinajstić information content (AvgIpc) is 2.91. The van der Waals surface area contributed by atoms with Crippen LogP contribution in [0.2, 0.25) is 0 Å². The fourth-order valence-electron chi connectivity index (χ4n) is 3.31. The molecular weight excluding hydrogens is 306 g/mol. The zero-order valence-corrected chi connectivity index (χ0v) is 14.8. The number of aromatic nitrogens is 2. The molecule has 0 bridgehead atoms. The first kappa shape index (κ1) is 16.4. The molecule has 1 heterocycles. The molecule has 0 saturated carbocycles. The summed E-state index contributed by atoms with van der Waals surface area (Å²) in [5, 5.41) is 9.00. The van der Waals surface area contributed by atoms with Gasteiger partial charge in [0, 0.05) is 23.9 Å². The van der Waals surface area contributed by atoms with Crippen LogP contribution >= 0.6 is 0 Å². The summed E-state index contributed by atoms with van der Waals surface area (Å²) < 4.78 is 12.7. The van der Waals surface area contributed by atoms with Gasteiger partial charge in [0.25, 0.3) is 0 Å². The Kier molecular flexibility index (Phi) is 4.46. The molecule has 0 fully saturated rings. The third-order valence-corrected chi connectivity index (χ3v) is 4.40. The second kappa shape index (κ2) is 6.55. The summed E-state index contributed by atoms with van der Waals surface area (Å²) >= 11 is 0. The van der Waals surface area contributed by atoms with E-state index in [1.54, 1.807) is 21.3 Å². The maximum absolute atomic E-state index is 5.43. The van der Waals surface area contributed by atoms with Gasteiger partial charge in [0.2, 0.25) is 0 Å². The van der Waals surface area contributed by atoms with E-state index >= 15 is 0 Å². The van der Waals surface area contributed by atoms with Crippen LogP contribution in [0.5, 0.6) is 11.5 Å². The highest BCUT2D eigenvalue weighted by Crippen LogP contribution is 2.37. The summed E-state index contributed by atoms with van der Waals surface area (Å²) in [6.45, 7) is 2.22. The van der Waals surface area contributed by atoms with Crippen molar-refractivity contribution in [1.82, 2.24) is 9.78 Å². The van der Waals surface area contributed by atoms with E-state index in [1.165, 1.54) is 5.69 Å². The molecule has 1 aliphatic carbocycles. The minimum atomic E-state index is 0.514. The van der Waals surface area contributed by atoms with E-state index in [4.69, 9.17) is 19.4 Å². The normalized spacial score (nSPS) is 18.4. The van der Waals surface area contributed by atoms with Gasteiger partial charge in [-0.3, -0.25) is 4.68 Å². The van der Waals surface area contributed by atoms with Crippen LogP contribution in [-0.4, -0.2) is 36.8 Å². The SMILES string of the molecule is CO/N=C1\CC(C)Cc2c1c(-c1ccc(OC)c(OC)c1)nn2C. The number of nitrogens with zero attached hydrogens (tertiary/aromatic N) is 3. The molecule has 3 rings (SSSR count). The standard InChI is InChI=1S/C18H23N3O3/c1-11-8-13(20-24-5)17-14(9-11)21(2)19-18(17)12-6-7-15(22-3)16(10-12)23-4/h6-7,10-11H,8-9H2,1-5H3/b20-13+. The number of fused-ring (bicyclic) bond motifs is 1. The van der Waals surface area contributed by atoms with Gasteiger partial charge in [-0.1, -0.05) is 12.1 Å². The number of hydrogen-bond acceptors (Lipinski definition) is 5. The number of hydrogen-bond donors (Lipinski definition) is 0. The maximum Gasteiger partial charge on any atom is 0.161 e. The lowest BCUT2D eigenvalue weighted by molar-refractivity contribution is 0.212. The van der Waals surface area contributed by atoms with Crippen molar-refractivity contribution in [2.45, 2.75) is 19.8 Å². The predicted molar refractivity (Wildman–Crippen MR) is 92.8 cm³/mol. The molecule has 1 unspecified atom stereocenters. The zero-order valence-electron chi connectivity index (χ0n) is 14.8. The average molecular weight is 329 g/mol. The van der Waals surface area contributed by atoms with Crippen LogP contribution in [-0.2, 0) is 18.3 Å². The van der Waals surface area contributed by atoms with Crippen LogP contribution in [0.3, 0.4) is 0 Å². The molecule has 2 aromatic rings. The monoisotopic (exact) mass is 329 g/mol. The van der Waals surface area contributed by atoms with Gasteiger partial charge in [0.05, 0.1) is 19.9 Å². The second-order valence-electron chi connectivity index (χ2n) is 6.10. The van der Waals surface area contributed by atoms with E-state index in [0.717, 1.165) is 35.4 Å². The molecule has 6 heteroatoms. The Hall–Kier alpha value is -2.50. The van der Waals surface area contributed by atoms with Crippen molar-refractivity contribution in [2.75, 3.05) is 21.3 Å². The third-order valence-electron chi connectivity index (χ3n) is 4.40. The molecule has 1 aromatic carbocycles. The molecule has 0 N–H and O–H groups in total. The second-order valence-corrected chi connectivity index (χ2v) is 6.10. The van der Waals surface area contributed by atoms with Gasteiger partial charge in [-0.25, -0.2) is 0 Å². The van der Waals surface area contributed by atoms with Crippen LogP contribution < -0.4 is 9.47 Å². The largest absolute Gasteiger partial charge is 0.493 e. The Morgan fingerprint density at radius 1 is 1.12 bits per heavy atom. The van der Waals surface area contributed by atoms with Crippen molar-refractivity contribution < 1.29 is 14.3 Å². The summed E-state index contributed by atoms with van der Waals surface area (Å²) in [6.07, 6.45) is 1.86. The van der Waals surface area contributed by atoms with Crippen LogP contribution in [0.15, 0.2) is 23.4 Å². The van der Waals surface area contributed by atoms with E-state index in [9.17, 15) is 0 Å². The summed E-state index contributed by atoms with van der Waals surface area (Å²) in [7, 11) is 6.82. The summed E-state index contributed by atoms with van der Waals surface area (Å²) in [5.74, 6) is 1.90. The maximum atomic E-state index is 5.43. The van der Waals surface area contributed by atoms with Crippen molar-refractivity contribution in [3.05, 3.63) is 29.5 Å². The quantitative estimate of drug-likeness (QED) is 0.809. The van der Waals surface area contributed by atoms with Gasteiger partial charge < -0.3 is 14.3 Å². The Morgan fingerprint density at radius 3 is 2.54 bits per heavy atom. The minimum absolute atomic E-state index is 0.514. The van der Waals surface area contributed by atoms with Gasteiger partial charge in [-0.05, 0) is 37.0 Å². The number of oxime groups is 1. The lowest BCUT2D eigenvalue weighted by atomic mass is 9.85. The Morgan fingerprint density at radius 2 is 1.88 bits per heavy atom. The van der Waals surface area contributed by atoms with Crippen molar-refractivity contribution in [1.29, 1.82) is 0 Å². The lowest BCUT2D eigenvalue weighted by Crippen LogP contribution is -2.20. The topological polar surface area (TPSA) is 57.9 Å². The van der Waals surface area contributed by atoms with E-state index in [0.29, 0.717) is 17.4 Å². The number of aryl methyl sites for hydroxylation is 1. The van der Waals surface area contributed by atoms with Gasteiger partial charge in [-0.2, -0.15) is 5.10 Å². The smallest absolute Gasteiger partial charge is 0.161 e. The Labute approximate surface area is 142 Å². The molecule has 1 aromatic heterocycles. The number of ether oxygens (including phenoxy) is 2. The number of rotatable bonds is 4. The molecule has 0 spiro atoms. The molecular formula is C18H23N3O3. The molecule has 0 aliphatic heterocycles. The van der Waals surface area contributed by atoms with Crippen LogP contribution in [0.25, 0.3) is 11.3 Å². The first-order valence-corrected chi connectivity index (χ1v) is 7.97. The highest BCUT2D eigenvalue weighted by atomic mass is 16.6. The van der Waals surface area contributed by atoms with E-state index in [-0.39, 0.29) is 0 Å².